The van der Waals surface area contributed by atoms with E-state index in [1.807, 2.05) is 13.8 Å². The fraction of sp³-hybridized carbons (Fsp3) is 0.875. The van der Waals surface area contributed by atoms with E-state index in [1.54, 1.807) is 6.92 Å². The molecule has 0 saturated carbocycles. The van der Waals surface area contributed by atoms with Crippen LogP contribution in [0.3, 0.4) is 0 Å². The summed E-state index contributed by atoms with van der Waals surface area (Å²) in [5.74, 6) is -1.17. The zero-order chi connectivity index (χ0) is 16.6. The summed E-state index contributed by atoms with van der Waals surface area (Å²) >= 11 is 0. The maximum Gasteiger partial charge on any atom is 0.310 e. The van der Waals surface area contributed by atoms with E-state index >= 15 is 0 Å². The van der Waals surface area contributed by atoms with Crippen molar-refractivity contribution in [2.75, 3.05) is 20.1 Å². The summed E-state index contributed by atoms with van der Waals surface area (Å²) in [4.78, 5) is 25.5. The zero-order valence-electron chi connectivity index (χ0n) is 14.4. The second-order valence-corrected chi connectivity index (χ2v) is 6.69. The fourth-order valence-corrected chi connectivity index (χ4v) is 1.89. The summed E-state index contributed by atoms with van der Waals surface area (Å²) in [7, 11) is 2.09. The Labute approximate surface area is 129 Å². The van der Waals surface area contributed by atoms with Gasteiger partial charge in [-0.15, -0.1) is 0 Å². The van der Waals surface area contributed by atoms with E-state index in [0.717, 1.165) is 19.4 Å². The van der Waals surface area contributed by atoms with Gasteiger partial charge in [-0.05, 0) is 53.1 Å². The highest BCUT2D eigenvalue weighted by molar-refractivity contribution is 5.84. The Morgan fingerprint density at radius 2 is 1.76 bits per heavy atom. The molecular weight excluding hydrogens is 268 g/mol. The lowest BCUT2D eigenvalue weighted by Crippen LogP contribution is -2.39. The van der Waals surface area contributed by atoms with Gasteiger partial charge >= 0.3 is 5.97 Å². The molecule has 1 unspecified atom stereocenters. The first-order valence-corrected chi connectivity index (χ1v) is 7.81. The molecule has 0 aromatic rings. The molecule has 1 atom stereocenters. The number of unbranched alkanes of at least 4 members (excludes halogenated alkanes) is 1. The average Bonchev–Trinajstić information content (AvgIpc) is 2.37. The number of amides is 1. The lowest BCUT2D eigenvalue weighted by molar-refractivity contribution is -0.153. The average molecular weight is 300 g/mol. The minimum absolute atomic E-state index is 0.0336. The monoisotopic (exact) mass is 300 g/mol. The highest BCUT2D eigenvalue weighted by Crippen LogP contribution is 2.31. The molecule has 1 amide bonds. The van der Waals surface area contributed by atoms with Crippen molar-refractivity contribution in [2.45, 2.75) is 59.9 Å². The van der Waals surface area contributed by atoms with Crippen LogP contribution in [0.2, 0.25) is 0 Å². The van der Waals surface area contributed by atoms with Crippen LogP contribution in [0.25, 0.3) is 0 Å². The molecule has 5 nitrogen and oxygen atoms in total. The maximum atomic E-state index is 11.9. The molecule has 0 aliphatic carbocycles. The first kappa shape index (κ1) is 19.9. The van der Waals surface area contributed by atoms with E-state index in [4.69, 9.17) is 0 Å². The molecule has 0 spiro atoms. The number of nitrogens with one attached hydrogen (secondary N) is 1. The third-order valence-corrected chi connectivity index (χ3v) is 4.43. The van der Waals surface area contributed by atoms with Crippen LogP contribution in [0.4, 0.5) is 0 Å². The maximum absolute atomic E-state index is 11.9. The van der Waals surface area contributed by atoms with Crippen LogP contribution >= 0.6 is 0 Å². The predicted octanol–water partition coefficient (Wildman–Crippen LogP) is 2.36. The van der Waals surface area contributed by atoms with Crippen molar-refractivity contribution in [3.63, 3.8) is 0 Å². The van der Waals surface area contributed by atoms with Gasteiger partial charge in [-0.3, -0.25) is 9.59 Å². The largest absolute Gasteiger partial charge is 0.481 e. The Balaban J connectivity index is 4.03. The minimum atomic E-state index is -0.998. The number of carboxylic acids is 1. The van der Waals surface area contributed by atoms with E-state index in [1.165, 1.54) is 0 Å². The molecule has 0 fully saturated rings. The molecule has 0 rings (SSSR count). The van der Waals surface area contributed by atoms with Gasteiger partial charge in [0, 0.05) is 19.0 Å². The fourth-order valence-electron chi connectivity index (χ4n) is 1.89. The second kappa shape index (κ2) is 9.03. The summed E-state index contributed by atoms with van der Waals surface area (Å²) in [5.41, 5.74) is -0.998. The first-order chi connectivity index (χ1) is 9.61. The number of carboxylic acid groups (broad SMARTS) is 1. The van der Waals surface area contributed by atoms with Gasteiger partial charge in [-0.25, -0.2) is 0 Å². The van der Waals surface area contributed by atoms with E-state index in [9.17, 15) is 14.7 Å². The second-order valence-electron chi connectivity index (χ2n) is 6.69. The quantitative estimate of drug-likeness (QED) is 0.608. The molecule has 0 aliphatic heterocycles. The topological polar surface area (TPSA) is 69.6 Å². The van der Waals surface area contributed by atoms with Crippen LogP contribution in [0.1, 0.15) is 53.9 Å². The van der Waals surface area contributed by atoms with Crippen LogP contribution in [-0.2, 0) is 9.59 Å². The van der Waals surface area contributed by atoms with Gasteiger partial charge in [-0.2, -0.15) is 0 Å². The Kier molecular flexibility index (Phi) is 8.55. The van der Waals surface area contributed by atoms with Crippen LogP contribution in [0.5, 0.6) is 0 Å². The normalized spacial score (nSPS) is 14.5. The Morgan fingerprint density at radius 3 is 2.19 bits per heavy atom. The van der Waals surface area contributed by atoms with Gasteiger partial charge in [-0.1, -0.05) is 13.8 Å². The standard InChI is InChI=1S/C16H32N2O3/c1-12(2)16(5,15(20)21)11-14(19)17-9-7-8-10-18(6)13(3)4/h12-13H,7-11H2,1-6H3,(H,17,19)(H,20,21). The molecule has 124 valence electrons. The number of carbonyl (C=O) groups is 2. The summed E-state index contributed by atoms with van der Waals surface area (Å²) in [6.07, 6.45) is 1.97. The summed E-state index contributed by atoms with van der Waals surface area (Å²) in [5, 5.41) is 12.1. The van der Waals surface area contributed by atoms with Crippen molar-refractivity contribution in [3.05, 3.63) is 0 Å². The smallest absolute Gasteiger partial charge is 0.310 e. The summed E-state index contributed by atoms with van der Waals surface area (Å²) in [6, 6.07) is 0.530. The molecule has 5 heteroatoms. The Bertz CT molecular complexity index is 342. The molecule has 0 aromatic carbocycles. The van der Waals surface area contributed by atoms with Gasteiger partial charge in [0.1, 0.15) is 0 Å². The number of nitrogens with zero attached hydrogens (tertiary/aromatic N) is 1. The molecule has 0 heterocycles. The third-order valence-electron chi connectivity index (χ3n) is 4.43. The predicted molar refractivity (Wildman–Crippen MR) is 85.2 cm³/mol. The molecule has 0 aliphatic rings. The molecular formula is C16H32N2O3. The zero-order valence-corrected chi connectivity index (χ0v) is 14.4. The Morgan fingerprint density at radius 1 is 1.19 bits per heavy atom. The van der Waals surface area contributed by atoms with Gasteiger partial charge < -0.3 is 15.3 Å². The van der Waals surface area contributed by atoms with Crippen molar-refractivity contribution in [3.8, 4) is 0 Å². The molecule has 2 N–H and O–H groups in total. The number of hydrogen-bond donors (Lipinski definition) is 2. The highest BCUT2D eigenvalue weighted by atomic mass is 16.4. The van der Waals surface area contributed by atoms with Crippen molar-refractivity contribution in [2.24, 2.45) is 11.3 Å². The van der Waals surface area contributed by atoms with Gasteiger partial charge in [0.05, 0.1) is 5.41 Å². The number of rotatable bonds is 10. The minimum Gasteiger partial charge on any atom is -0.481 e. The number of aliphatic carboxylic acids is 1. The SMILES string of the molecule is CC(C)N(C)CCCCNC(=O)CC(C)(C(=O)O)C(C)C. The van der Waals surface area contributed by atoms with E-state index in [-0.39, 0.29) is 18.2 Å². The van der Waals surface area contributed by atoms with E-state index in [0.29, 0.717) is 12.6 Å². The van der Waals surface area contributed by atoms with Crippen molar-refractivity contribution < 1.29 is 14.7 Å². The van der Waals surface area contributed by atoms with Crippen molar-refractivity contribution >= 4 is 11.9 Å². The van der Waals surface area contributed by atoms with Crippen LogP contribution in [-0.4, -0.2) is 48.1 Å². The van der Waals surface area contributed by atoms with Gasteiger partial charge in [0.15, 0.2) is 0 Å². The van der Waals surface area contributed by atoms with Crippen molar-refractivity contribution in [1.82, 2.24) is 10.2 Å². The Hall–Kier alpha value is -1.10. The molecule has 0 saturated heterocycles. The van der Waals surface area contributed by atoms with Crippen LogP contribution in [0, 0.1) is 11.3 Å². The molecule has 0 radical (unpaired) electrons. The van der Waals surface area contributed by atoms with Crippen LogP contribution < -0.4 is 5.32 Å². The lowest BCUT2D eigenvalue weighted by Gasteiger charge is -2.28. The number of hydrogen-bond acceptors (Lipinski definition) is 3. The molecule has 0 bridgehead atoms. The van der Waals surface area contributed by atoms with Crippen molar-refractivity contribution in [1.29, 1.82) is 0 Å². The first-order valence-electron chi connectivity index (χ1n) is 7.81. The highest BCUT2D eigenvalue weighted by Gasteiger charge is 2.38. The molecule has 21 heavy (non-hydrogen) atoms. The lowest BCUT2D eigenvalue weighted by atomic mass is 9.76. The van der Waals surface area contributed by atoms with Gasteiger partial charge in [0.2, 0.25) is 5.91 Å². The summed E-state index contributed by atoms with van der Waals surface area (Å²) < 4.78 is 0. The van der Waals surface area contributed by atoms with E-state index in [2.05, 4.69) is 31.1 Å². The summed E-state index contributed by atoms with van der Waals surface area (Å²) in [6.45, 7) is 11.2. The third kappa shape index (κ3) is 6.93. The van der Waals surface area contributed by atoms with E-state index < -0.39 is 11.4 Å². The molecule has 0 aromatic heterocycles. The number of carbonyl (C=O) groups excluding carboxylic acids is 1. The van der Waals surface area contributed by atoms with Gasteiger partial charge in [0.25, 0.3) is 0 Å². The van der Waals surface area contributed by atoms with Crippen LogP contribution in [0.15, 0.2) is 0 Å².